The van der Waals surface area contributed by atoms with Crippen LogP contribution in [0, 0.1) is 0 Å². The Hall–Kier alpha value is -1.65. The third kappa shape index (κ3) is 1.94. The molecule has 0 saturated heterocycles. The SMILES string of the molecule is Nc1cnc2c(ccn2Sc2ccccc2)c1Cl. The van der Waals surface area contributed by atoms with Crippen LogP contribution in [0.5, 0.6) is 0 Å². The average molecular weight is 276 g/mol. The van der Waals surface area contributed by atoms with Crippen molar-refractivity contribution in [3.05, 3.63) is 53.8 Å². The minimum atomic E-state index is 0.506. The molecule has 90 valence electrons. The lowest BCUT2D eigenvalue weighted by atomic mass is 10.3. The number of aromatic nitrogens is 2. The zero-order chi connectivity index (χ0) is 12.5. The molecule has 0 radical (unpaired) electrons. The van der Waals surface area contributed by atoms with E-state index in [0.717, 1.165) is 15.9 Å². The Morgan fingerprint density at radius 2 is 1.94 bits per heavy atom. The summed E-state index contributed by atoms with van der Waals surface area (Å²) in [5.74, 6) is 0. The van der Waals surface area contributed by atoms with Gasteiger partial charge in [-0.2, -0.15) is 0 Å². The monoisotopic (exact) mass is 275 g/mol. The molecule has 0 unspecified atom stereocenters. The van der Waals surface area contributed by atoms with E-state index in [-0.39, 0.29) is 0 Å². The molecule has 18 heavy (non-hydrogen) atoms. The van der Waals surface area contributed by atoms with Crippen LogP contribution in [0.25, 0.3) is 11.0 Å². The molecule has 0 bridgehead atoms. The molecular weight excluding hydrogens is 266 g/mol. The van der Waals surface area contributed by atoms with Gasteiger partial charge in [0.15, 0.2) is 5.65 Å². The van der Waals surface area contributed by atoms with E-state index >= 15 is 0 Å². The van der Waals surface area contributed by atoms with E-state index in [2.05, 4.69) is 17.1 Å². The molecular formula is C13H10ClN3S. The predicted molar refractivity (Wildman–Crippen MR) is 76.9 cm³/mol. The number of nitrogens with zero attached hydrogens (tertiary/aromatic N) is 2. The van der Waals surface area contributed by atoms with Crippen LogP contribution in [0.1, 0.15) is 0 Å². The van der Waals surface area contributed by atoms with E-state index in [0.29, 0.717) is 10.7 Å². The summed E-state index contributed by atoms with van der Waals surface area (Å²) in [4.78, 5) is 5.47. The molecule has 3 aromatic rings. The van der Waals surface area contributed by atoms with Crippen molar-refractivity contribution < 1.29 is 0 Å². The van der Waals surface area contributed by atoms with Gasteiger partial charge in [0, 0.05) is 16.5 Å². The highest BCUT2D eigenvalue weighted by Gasteiger charge is 2.09. The molecule has 2 heterocycles. The number of hydrogen-bond acceptors (Lipinski definition) is 3. The van der Waals surface area contributed by atoms with Crippen LogP contribution < -0.4 is 5.73 Å². The first kappa shape index (κ1) is 11.4. The normalized spacial score (nSPS) is 10.9. The molecule has 3 nitrogen and oxygen atoms in total. The van der Waals surface area contributed by atoms with E-state index < -0.39 is 0 Å². The molecule has 0 spiro atoms. The van der Waals surface area contributed by atoms with Crippen LogP contribution in [0.2, 0.25) is 5.02 Å². The molecule has 2 aromatic heterocycles. The van der Waals surface area contributed by atoms with Crippen molar-refractivity contribution in [2.75, 3.05) is 5.73 Å². The Labute approximate surface area is 114 Å². The number of rotatable bonds is 2. The third-order valence-electron chi connectivity index (χ3n) is 2.59. The summed E-state index contributed by atoms with van der Waals surface area (Å²) in [5, 5.41) is 1.44. The molecule has 0 amide bonds. The highest BCUT2D eigenvalue weighted by molar-refractivity contribution is 7.98. The van der Waals surface area contributed by atoms with E-state index in [4.69, 9.17) is 17.3 Å². The zero-order valence-corrected chi connectivity index (χ0v) is 10.9. The van der Waals surface area contributed by atoms with Gasteiger partial charge in [0.05, 0.1) is 16.9 Å². The Balaban J connectivity index is 2.06. The maximum atomic E-state index is 6.15. The van der Waals surface area contributed by atoms with Crippen LogP contribution in [0.4, 0.5) is 5.69 Å². The minimum absolute atomic E-state index is 0.506. The number of anilines is 1. The summed E-state index contributed by atoms with van der Waals surface area (Å²) in [7, 11) is 0. The fourth-order valence-electron chi connectivity index (χ4n) is 1.72. The number of fused-ring (bicyclic) bond motifs is 1. The second-order valence-corrected chi connectivity index (χ2v) is 5.24. The van der Waals surface area contributed by atoms with Crippen molar-refractivity contribution in [1.29, 1.82) is 0 Å². The Morgan fingerprint density at radius 3 is 2.72 bits per heavy atom. The van der Waals surface area contributed by atoms with Crippen molar-refractivity contribution in [3.8, 4) is 0 Å². The lowest BCUT2D eigenvalue weighted by Crippen LogP contribution is -1.91. The first-order chi connectivity index (χ1) is 8.75. The zero-order valence-electron chi connectivity index (χ0n) is 9.38. The first-order valence-electron chi connectivity index (χ1n) is 5.40. The lowest BCUT2D eigenvalue weighted by Gasteiger charge is -2.04. The molecule has 1 aromatic carbocycles. The van der Waals surface area contributed by atoms with E-state index in [9.17, 15) is 0 Å². The second kappa shape index (κ2) is 4.55. The maximum Gasteiger partial charge on any atom is 0.151 e. The van der Waals surface area contributed by atoms with Gasteiger partial charge in [0.2, 0.25) is 0 Å². The van der Waals surface area contributed by atoms with Gasteiger partial charge in [0.25, 0.3) is 0 Å². The highest BCUT2D eigenvalue weighted by Crippen LogP contribution is 2.31. The number of nitrogen functional groups attached to an aromatic ring is 1. The van der Waals surface area contributed by atoms with Gasteiger partial charge in [0.1, 0.15) is 0 Å². The van der Waals surface area contributed by atoms with Crippen molar-refractivity contribution in [2.45, 2.75) is 4.90 Å². The molecule has 0 atom stereocenters. The van der Waals surface area contributed by atoms with Crippen molar-refractivity contribution >= 4 is 40.3 Å². The summed E-state index contributed by atoms with van der Waals surface area (Å²) < 4.78 is 1.98. The van der Waals surface area contributed by atoms with Gasteiger partial charge >= 0.3 is 0 Å². The topological polar surface area (TPSA) is 43.8 Å². The first-order valence-corrected chi connectivity index (χ1v) is 6.55. The average Bonchev–Trinajstić information content (AvgIpc) is 2.79. The molecule has 5 heteroatoms. The van der Waals surface area contributed by atoms with Gasteiger partial charge in [-0.25, -0.2) is 4.98 Å². The summed E-state index contributed by atoms with van der Waals surface area (Å²) in [6.07, 6.45) is 3.54. The maximum absolute atomic E-state index is 6.15. The van der Waals surface area contributed by atoms with Gasteiger partial charge in [-0.1, -0.05) is 29.8 Å². The van der Waals surface area contributed by atoms with Crippen LogP contribution >= 0.6 is 23.5 Å². The number of halogens is 1. The summed E-state index contributed by atoms with van der Waals surface area (Å²) in [6, 6.07) is 12.0. The molecule has 3 rings (SSSR count). The van der Waals surface area contributed by atoms with Crippen LogP contribution in [-0.2, 0) is 0 Å². The van der Waals surface area contributed by atoms with Crippen molar-refractivity contribution in [1.82, 2.24) is 8.96 Å². The van der Waals surface area contributed by atoms with Gasteiger partial charge in [-0.05, 0) is 30.1 Å². The highest BCUT2D eigenvalue weighted by atomic mass is 35.5. The third-order valence-corrected chi connectivity index (χ3v) is 3.99. The molecule has 0 saturated carbocycles. The number of hydrogen-bond donors (Lipinski definition) is 1. The summed E-state index contributed by atoms with van der Waals surface area (Å²) in [5.41, 5.74) is 7.07. The number of benzene rings is 1. The summed E-state index contributed by atoms with van der Waals surface area (Å²) in [6.45, 7) is 0. The van der Waals surface area contributed by atoms with Gasteiger partial charge < -0.3 is 5.73 Å². The van der Waals surface area contributed by atoms with E-state index in [1.165, 1.54) is 0 Å². The van der Waals surface area contributed by atoms with E-state index in [1.807, 2.05) is 34.4 Å². The van der Waals surface area contributed by atoms with Gasteiger partial charge in [-0.3, -0.25) is 3.97 Å². The van der Waals surface area contributed by atoms with Crippen LogP contribution in [0.3, 0.4) is 0 Å². The van der Waals surface area contributed by atoms with Crippen molar-refractivity contribution in [2.24, 2.45) is 0 Å². The quantitative estimate of drug-likeness (QED) is 0.773. The standard InChI is InChI=1S/C13H10ClN3S/c14-12-10-6-7-17(13(10)16-8-11(12)15)18-9-4-2-1-3-5-9/h1-8H,15H2. The largest absolute Gasteiger partial charge is 0.396 e. The van der Waals surface area contributed by atoms with Crippen molar-refractivity contribution in [3.63, 3.8) is 0 Å². The summed E-state index contributed by atoms with van der Waals surface area (Å²) >= 11 is 7.75. The Bertz CT molecular complexity index is 694. The fraction of sp³-hybridized carbons (Fsp3) is 0. The van der Waals surface area contributed by atoms with Crippen LogP contribution in [-0.4, -0.2) is 8.96 Å². The van der Waals surface area contributed by atoms with Crippen LogP contribution in [0.15, 0.2) is 53.7 Å². The second-order valence-electron chi connectivity index (χ2n) is 3.81. The molecule has 0 aliphatic carbocycles. The minimum Gasteiger partial charge on any atom is -0.396 e. The Morgan fingerprint density at radius 1 is 1.17 bits per heavy atom. The smallest absolute Gasteiger partial charge is 0.151 e. The lowest BCUT2D eigenvalue weighted by molar-refractivity contribution is 1.25. The van der Waals surface area contributed by atoms with E-state index in [1.54, 1.807) is 18.1 Å². The fourth-order valence-corrected chi connectivity index (χ4v) is 2.77. The predicted octanol–water partition coefficient (Wildman–Crippen LogP) is 3.83. The Kier molecular flexibility index (Phi) is 2.89. The van der Waals surface area contributed by atoms with Gasteiger partial charge in [-0.15, -0.1) is 0 Å². The number of pyridine rings is 1. The molecule has 2 N–H and O–H groups in total. The molecule has 0 fully saturated rings. The number of nitrogens with two attached hydrogens (primary N) is 1. The molecule has 0 aliphatic heterocycles. The molecule has 0 aliphatic rings.